The maximum Gasteiger partial charge on any atom is 0.230 e. The van der Waals surface area contributed by atoms with Gasteiger partial charge < -0.3 is 14.9 Å². The van der Waals surface area contributed by atoms with Gasteiger partial charge in [0.25, 0.3) is 0 Å². The number of aliphatic hydroxyl groups is 1. The van der Waals surface area contributed by atoms with Crippen LogP contribution in [0.15, 0.2) is 36.9 Å². The van der Waals surface area contributed by atoms with Crippen molar-refractivity contribution in [3.05, 3.63) is 36.9 Å². The molecule has 1 N–H and O–H groups in total. The Kier molecular flexibility index (Phi) is 5.15. The van der Waals surface area contributed by atoms with E-state index >= 15 is 0 Å². The molecule has 0 bridgehead atoms. The monoisotopic (exact) mass is 407 g/mol. The quantitative estimate of drug-likeness (QED) is 0.842. The number of nitrogens with zero attached hydrogens (tertiary/aromatic N) is 5. The molecule has 1 atom stereocenters. The lowest BCUT2D eigenvalue weighted by Crippen LogP contribution is -2.50. The van der Waals surface area contributed by atoms with Crippen molar-refractivity contribution in [3.8, 4) is 11.1 Å². The second-order valence-electron chi connectivity index (χ2n) is 9.03. The summed E-state index contributed by atoms with van der Waals surface area (Å²) in [6.07, 6.45) is 13.4. The van der Waals surface area contributed by atoms with Crippen LogP contribution in [0.2, 0.25) is 0 Å². The van der Waals surface area contributed by atoms with E-state index in [1.165, 1.54) is 0 Å². The van der Waals surface area contributed by atoms with E-state index in [9.17, 15) is 9.90 Å². The first kappa shape index (κ1) is 19.4. The third-order valence-electron chi connectivity index (χ3n) is 7.15. The molecule has 4 heterocycles. The number of carbonyl (C=O) groups excluding carboxylic acids is 1. The highest BCUT2D eigenvalue weighted by Crippen LogP contribution is 2.43. The minimum atomic E-state index is -0.306. The number of aromatic nitrogens is 3. The molecule has 2 saturated heterocycles. The number of carbonyl (C=O) groups is 1. The zero-order valence-corrected chi connectivity index (χ0v) is 17.3. The van der Waals surface area contributed by atoms with Crippen molar-refractivity contribution in [1.82, 2.24) is 19.9 Å². The molecule has 7 nitrogen and oxygen atoms in total. The molecular weight excluding hydrogens is 378 g/mol. The van der Waals surface area contributed by atoms with Crippen LogP contribution < -0.4 is 4.90 Å². The zero-order chi connectivity index (χ0) is 20.6. The van der Waals surface area contributed by atoms with Crippen molar-refractivity contribution < 1.29 is 9.90 Å². The van der Waals surface area contributed by atoms with E-state index in [4.69, 9.17) is 0 Å². The molecule has 0 radical (unpaired) electrons. The second-order valence-corrected chi connectivity index (χ2v) is 9.03. The number of rotatable bonds is 3. The summed E-state index contributed by atoms with van der Waals surface area (Å²) in [5.41, 5.74) is 1.64. The van der Waals surface area contributed by atoms with Crippen LogP contribution in [-0.4, -0.2) is 62.6 Å². The van der Waals surface area contributed by atoms with Gasteiger partial charge >= 0.3 is 0 Å². The lowest BCUT2D eigenvalue weighted by atomic mass is 9.78. The number of likely N-dealkylation sites (tertiary alicyclic amines) is 1. The van der Waals surface area contributed by atoms with Gasteiger partial charge in [-0.2, -0.15) is 0 Å². The largest absolute Gasteiger partial charge is 0.393 e. The minimum absolute atomic E-state index is 0.190. The van der Waals surface area contributed by atoms with E-state index in [0.717, 1.165) is 69.2 Å². The Morgan fingerprint density at radius 3 is 2.53 bits per heavy atom. The molecule has 5 rings (SSSR count). The number of hydrogen-bond donors (Lipinski definition) is 1. The summed E-state index contributed by atoms with van der Waals surface area (Å²) >= 11 is 0. The molecule has 3 fully saturated rings. The Hall–Kier alpha value is -2.54. The van der Waals surface area contributed by atoms with Crippen LogP contribution in [-0.2, 0) is 4.79 Å². The molecule has 1 amide bonds. The fourth-order valence-electron chi connectivity index (χ4n) is 5.41. The van der Waals surface area contributed by atoms with Crippen LogP contribution in [0.4, 0.5) is 5.95 Å². The molecule has 1 spiro atoms. The molecule has 3 aliphatic rings. The van der Waals surface area contributed by atoms with Crippen LogP contribution in [0.5, 0.6) is 0 Å². The Bertz CT molecular complexity index is 882. The van der Waals surface area contributed by atoms with E-state index < -0.39 is 0 Å². The smallest absolute Gasteiger partial charge is 0.230 e. The van der Waals surface area contributed by atoms with Crippen molar-refractivity contribution >= 4 is 11.9 Å². The van der Waals surface area contributed by atoms with Gasteiger partial charge in [0.15, 0.2) is 0 Å². The summed E-state index contributed by atoms with van der Waals surface area (Å²) in [7, 11) is 0. The van der Waals surface area contributed by atoms with E-state index in [2.05, 4.69) is 24.8 Å². The summed E-state index contributed by atoms with van der Waals surface area (Å²) in [5.74, 6) is 1.01. The maximum absolute atomic E-state index is 13.5. The molecule has 2 aromatic heterocycles. The average molecular weight is 408 g/mol. The first-order chi connectivity index (χ1) is 14.6. The summed E-state index contributed by atoms with van der Waals surface area (Å²) in [4.78, 5) is 31.1. The van der Waals surface area contributed by atoms with Crippen molar-refractivity contribution in [2.45, 2.75) is 57.1 Å². The van der Waals surface area contributed by atoms with Gasteiger partial charge in [0.1, 0.15) is 0 Å². The number of anilines is 1. The fraction of sp³-hybridized carbons (Fsp3) is 0.565. The van der Waals surface area contributed by atoms with Gasteiger partial charge in [-0.15, -0.1) is 0 Å². The first-order valence-corrected chi connectivity index (χ1v) is 11.1. The zero-order valence-electron chi connectivity index (χ0n) is 17.3. The van der Waals surface area contributed by atoms with Gasteiger partial charge in [-0.05, 0) is 51.0 Å². The highest BCUT2D eigenvalue weighted by atomic mass is 16.3. The van der Waals surface area contributed by atoms with Crippen LogP contribution in [0.25, 0.3) is 11.1 Å². The Balaban J connectivity index is 1.29. The van der Waals surface area contributed by atoms with Gasteiger partial charge in [-0.25, -0.2) is 9.97 Å². The van der Waals surface area contributed by atoms with Crippen molar-refractivity contribution in [3.63, 3.8) is 0 Å². The molecule has 7 heteroatoms. The predicted octanol–water partition coefficient (Wildman–Crippen LogP) is 2.66. The SMILES string of the molecule is O=C1N(C2CCC(O)CC2)CCC12CCCN(c1ncc(-c3cccnc3)cn1)C2. The maximum atomic E-state index is 13.5. The molecule has 1 unspecified atom stereocenters. The molecule has 30 heavy (non-hydrogen) atoms. The second kappa shape index (κ2) is 7.95. The summed E-state index contributed by atoms with van der Waals surface area (Å²) in [6.45, 7) is 2.43. The Labute approximate surface area is 177 Å². The van der Waals surface area contributed by atoms with Crippen molar-refractivity contribution in [1.29, 1.82) is 0 Å². The van der Waals surface area contributed by atoms with Crippen LogP contribution in [0, 0.1) is 5.41 Å². The van der Waals surface area contributed by atoms with Gasteiger partial charge in [0.05, 0.1) is 11.5 Å². The van der Waals surface area contributed by atoms with E-state index in [1.807, 2.05) is 30.7 Å². The molecule has 2 aliphatic heterocycles. The van der Waals surface area contributed by atoms with Gasteiger partial charge in [-0.3, -0.25) is 9.78 Å². The van der Waals surface area contributed by atoms with Gasteiger partial charge in [-0.1, -0.05) is 6.07 Å². The lowest BCUT2D eigenvalue weighted by Gasteiger charge is -2.40. The molecule has 2 aromatic rings. The summed E-state index contributed by atoms with van der Waals surface area (Å²) in [6, 6.07) is 4.20. The molecule has 0 aromatic carbocycles. The molecule has 1 aliphatic carbocycles. The van der Waals surface area contributed by atoms with Gasteiger partial charge in [0, 0.05) is 61.6 Å². The van der Waals surface area contributed by atoms with E-state index in [-0.39, 0.29) is 11.5 Å². The van der Waals surface area contributed by atoms with E-state index in [1.54, 1.807) is 6.20 Å². The number of piperidine rings is 1. The highest BCUT2D eigenvalue weighted by molar-refractivity contribution is 5.86. The van der Waals surface area contributed by atoms with Crippen molar-refractivity contribution in [2.75, 3.05) is 24.5 Å². The summed E-state index contributed by atoms with van der Waals surface area (Å²) < 4.78 is 0. The Morgan fingerprint density at radius 2 is 1.80 bits per heavy atom. The van der Waals surface area contributed by atoms with Crippen molar-refractivity contribution in [2.24, 2.45) is 5.41 Å². The fourth-order valence-corrected chi connectivity index (χ4v) is 5.41. The number of hydrogen-bond acceptors (Lipinski definition) is 6. The third-order valence-corrected chi connectivity index (χ3v) is 7.15. The van der Waals surface area contributed by atoms with E-state index in [0.29, 0.717) is 24.4 Å². The Morgan fingerprint density at radius 1 is 1.00 bits per heavy atom. The minimum Gasteiger partial charge on any atom is -0.393 e. The highest BCUT2D eigenvalue weighted by Gasteiger charge is 2.50. The predicted molar refractivity (Wildman–Crippen MR) is 114 cm³/mol. The number of aliphatic hydroxyl groups excluding tert-OH is 1. The third kappa shape index (κ3) is 3.55. The van der Waals surface area contributed by atoms with Crippen LogP contribution in [0.1, 0.15) is 44.9 Å². The van der Waals surface area contributed by atoms with Crippen LogP contribution >= 0.6 is 0 Å². The summed E-state index contributed by atoms with van der Waals surface area (Å²) in [5, 5.41) is 9.80. The molecule has 158 valence electrons. The van der Waals surface area contributed by atoms with Crippen LogP contribution in [0.3, 0.4) is 0 Å². The standard InChI is InChI=1S/C23H29N5O2/c29-20-6-4-19(5-7-20)28-12-9-23(21(28)30)8-2-11-27(16-23)22-25-14-18(15-26-22)17-3-1-10-24-13-17/h1,3,10,13-15,19-20,29H,2,4-9,11-12,16H2. The first-order valence-electron chi connectivity index (χ1n) is 11.1. The number of amides is 1. The number of pyridine rings is 1. The normalized spacial score (nSPS) is 29.6. The molecular formula is C23H29N5O2. The average Bonchev–Trinajstić information content (AvgIpc) is 3.10. The topological polar surface area (TPSA) is 82.5 Å². The molecule has 1 saturated carbocycles. The van der Waals surface area contributed by atoms with Gasteiger partial charge in [0.2, 0.25) is 11.9 Å². The lowest BCUT2D eigenvalue weighted by molar-refractivity contribution is -0.139.